The van der Waals surface area contributed by atoms with Crippen molar-refractivity contribution in [1.82, 2.24) is 0 Å². The average molecular weight is 390 g/mol. The molecule has 0 fully saturated rings. The van der Waals surface area contributed by atoms with Crippen LogP contribution in [0.1, 0.15) is 39.8 Å². The van der Waals surface area contributed by atoms with Gasteiger partial charge in [-0.25, -0.2) is 0 Å². The molecule has 0 unspecified atom stereocenters. The number of aryl methyl sites for hydroxylation is 1. The summed E-state index contributed by atoms with van der Waals surface area (Å²) in [5.41, 5.74) is 4.78. The van der Waals surface area contributed by atoms with Crippen molar-refractivity contribution >= 4 is 52.4 Å². The van der Waals surface area contributed by atoms with Crippen LogP contribution >= 0.6 is 34.7 Å². The predicted molar refractivity (Wildman–Crippen MR) is 110 cm³/mol. The molecule has 25 heavy (non-hydrogen) atoms. The molecule has 1 aliphatic heterocycles. The Morgan fingerprint density at radius 1 is 1.32 bits per heavy atom. The molecule has 0 bridgehead atoms. The number of rotatable bonds is 2. The van der Waals surface area contributed by atoms with E-state index in [2.05, 4.69) is 18.3 Å². The van der Waals surface area contributed by atoms with Crippen molar-refractivity contribution in [3.63, 3.8) is 0 Å². The van der Waals surface area contributed by atoms with E-state index >= 15 is 0 Å². The van der Waals surface area contributed by atoms with Crippen LogP contribution in [0.3, 0.4) is 0 Å². The van der Waals surface area contributed by atoms with Crippen molar-refractivity contribution in [2.75, 3.05) is 5.32 Å². The van der Waals surface area contributed by atoms with Gasteiger partial charge in [0, 0.05) is 26.2 Å². The molecule has 2 heterocycles. The van der Waals surface area contributed by atoms with Crippen molar-refractivity contribution in [2.45, 2.75) is 38.9 Å². The Kier molecular flexibility index (Phi) is 4.69. The van der Waals surface area contributed by atoms with Crippen LogP contribution in [0.15, 0.2) is 23.1 Å². The van der Waals surface area contributed by atoms with Gasteiger partial charge in [-0.3, -0.25) is 4.79 Å². The first-order valence-electron chi connectivity index (χ1n) is 8.56. The van der Waals surface area contributed by atoms with Crippen molar-refractivity contribution in [2.24, 2.45) is 5.92 Å². The molecular formula is C20H20ClNOS2. The summed E-state index contributed by atoms with van der Waals surface area (Å²) in [6.07, 6.45) is 5.74. The molecule has 2 aromatic rings. The molecule has 0 radical (unpaired) electrons. The van der Waals surface area contributed by atoms with E-state index in [-0.39, 0.29) is 5.91 Å². The van der Waals surface area contributed by atoms with Crippen LogP contribution in [0.5, 0.6) is 0 Å². The van der Waals surface area contributed by atoms with Gasteiger partial charge in [0.1, 0.15) is 0 Å². The minimum absolute atomic E-state index is 0.0460. The fraction of sp³-hybridized carbons (Fsp3) is 0.350. The van der Waals surface area contributed by atoms with E-state index < -0.39 is 0 Å². The summed E-state index contributed by atoms with van der Waals surface area (Å²) in [6.45, 7) is 4.28. The van der Waals surface area contributed by atoms with Gasteiger partial charge in [-0.1, -0.05) is 24.6 Å². The zero-order valence-electron chi connectivity index (χ0n) is 14.3. The molecule has 0 spiro atoms. The Labute approximate surface area is 161 Å². The Morgan fingerprint density at radius 3 is 2.96 bits per heavy atom. The molecular weight excluding hydrogens is 370 g/mol. The Hall–Kier alpha value is -1.23. The van der Waals surface area contributed by atoms with Crippen LogP contribution in [-0.2, 0) is 23.4 Å². The normalized spacial score (nSPS) is 19.0. The van der Waals surface area contributed by atoms with Crippen LogP contribution in [0.25, 0.3) is 6.08 Å². The number of hydrogen-bond acceptors (Lipinski definition) is 3. The third-order valence-corrected chi connectivity index (χ3v) is 7.64. The fourth-order valence-corrected chi connectivity index (χ4v) is 6.25. The van der Waals surface area contributed by atoms with Gasteiger partial charge in [0.15, 0.2) is 0 Å². The van der Waals surface area contributed by atoms with Crippen LogP contribution in [0.2, 0.25) is 5.02 Å². The highest BCUT2D eigenvalue weighted by Gasteiger charge is 2.26. The lowest BCUT2D eigenvalue weighted by Crippen LogP contribution is -2.14. The second-order valence-electron chi connectivity index (χ2n) is 6.91. The molecule has 1 atom stereocenters. The first-order valence-corrected chi connectivity index (χ1v) is 10.7. The van der Waals surface area contributed by atoms with E-state index in [4.69, 9.17) is 11.6 Å². The second kappa shape index (κ2) is 6.82. The van der Waals surface area contributed by atoms with Gasteiger partial charge < -0.3 is 5.32 Å². The van der Waals surface area contributed by atoms with Crippen LogP contribution in [0.4, 0.5) is 5.69 Å². The van der Waals surface area contributed by atoms with Gasteiger partial charge >= 0.3 is 0 Å². The molecule has 2 nitrogen and oxygen atoms in total. The molecule has 2 aliphatic rings. The summed E-state index contributed by atoms with van der Waals surface area (Å²) in [6, 6.07) is 5.62. The van der Waals surface area contributed by atoms with Crippen molar-refractivity contribution < 1.29 is 4.79 Å². The highest BCUT2D eigenvalue weighted by molar-refractivity contribution is 8.03. The van der Waals surface area contributed by atoms with E-state index in [1.165, 1.54) is 34.6 Å². The van der Waals surface area contributed by atoms with Crippen LogP contribution in [-0.4, -0.2) is 5.91 Å². The summed E-state index contributed by atoms with van der Waals surface area (Å²) in [5.74, 6) is 1.64. The van der Waals surface area contributed by atoms with Crippen LogP contribution < -0.4 is 5.32 Å². The Balaban J connectivity index is 1.56. The standard InChI is InChI=1S/C20H20ClNOS2/c1-11-3-6-14-15-10-24-19(9-18(15)25-17(14)7-11)20(23)22-13-5-4-12(2)16(21)8-13/h4-5,8-9,11H,3,6-7,10H2,1-2H3,(H,22,23)/t11-/m0/s1. The quantitative estimate of drug-likeness (QED) is 0.676. The average Bonchev–Trinajstić information content (AvgIpc) is 2.94. The minimum Gasteiger partial charge on any atom is -0.321 e. The fourth-order valence-electron chi connectivity index (χ4n) is 3.42. The number of thioether (sulfide) groups is 1. The first-order chi connectivity index (χ1) is 12.0. The molecule has 5 heteroatoms. The summed E-state index contributed by atoms with van der Waals surface area (Å²) in [7, 11) is 0. The van der Waals surface area contributed by atoms with Crippen molar-refractivity contribution in [3.8, 4) is 0 Å². The molecule has 0 saturated carbocycles. The van der Waals surface area contributed by atoms with Gasteiger partial charge in [-0.15, -0.1) is 23.1 Å². The SMILES string of the molecule is Cc1ccc(NC(=O)C2=Cc3sc4c(c3CS2)CC[C@H](C)C4)cc1Cl. The van der Waals surface area contributed by atoms with Gasteiger partial charge in [0.2, 0.25) is 0 Å². The second-order valence-corrected chi connectivity index (χ2v) is 9.47. The Bertz CT molecular complexity index is 884. The molecule has 1 amide bonds. The number of halogens is 1. The lowest BCUT2D eigenvalue weighted by Gasteiger charge is -2.20. The topological polar surface area (TPSA) is 29.1 Å². The zero-order valence-corrected chi connectivity index (χ0v) is 16.7. The minimum atomic E-state index is -0.0460. The van der Waals surface area contributed by atoms with E-state index in [1.54, 1.807) is 23.4 Å². The smallest absolute Gasteiger partial charge is 0.262 e. The maximum atomic E-state index is 12.6. The first kappa shape index (κ1) is 17.2. The van der Waals surface area contributed by atoms with Gasteiger partial charge in [-0.2, -0.15) is 0 Å². The van der Waals surface area contributed by atoms with Gasteiger partial charge in [0.05, 0.1) is 4.91 Å². The molecule has 0 saturated heterocycles. The molecule has 1 N–H and O–H groups in total. The predicted octanol–water partition coefficient (Wildman–Crippen LogP) is 6.06. The molecule has 4 rings (SSSR count). The zero-order chi connectivity index (χ0) is 17.6. The monoisotopic (exact) mass is 389 g/mol. The number of carbonyl (C=O) groups excluding carboxylic acids is 1. The van der Waals surface area contributed by atoms with E-state index in [9.17, 15) is 4.79 Å². The molecule has 130 valence electrons. The highest BCUT2D eigenvalue weighted by atomic mass is 35.5. The third-order valence-electron chi connectivity index (χ3n) is 4.94. The lowest BCUT2D eigenvalue weighted by atomic mass is 9.88. The number of nitrogens with one attached hydrogen (secondary N) is 1. The van der Waals surface area contributed by atoms with E-state index in [0.29, 0.717) is 5.02 Å². The van der Waals surface area contributed by atoms with Gasteiger partial charge in [0.25, 0.3) is 5.91 Å². The molecule has 1 aliphatic carbocycles. The summed E-state index contributed by atoms with van der Waals surface area (Å²) >= 11 is 9.67. The number of carbonyl (C=O) groups is 1. The number of hydrogen-bond donors (Lipinski definition) is 1. The van der Waals surface area contributed by atoms with Crippen LogP contribution in [0, 0.1) is 12.8 Å². The third kappa shape index (κ3) is 3.40. The van der Waals surface area contributed by atoms with Crippen molar-refractivity contribution in [3.05, 3.63) is 54.6 Å². The number of thiophene rings is 1. The lowest BCUT2D eigenvalue weighted by molar-refractivity contribution is -0.112. The van der Waals surface area contributed by atoms with E-state index in [1.807, 2.05) is 30.4 Å². The summed E-state index contributed by atoms with van der Waals surface area (Å²) < 4.78 is 0. The highest BCUT2D eigenvalue weighted by Crippen LogP contribution is 2.43. The molecule has 1 aromatic heterocycles. The molecule has 1 aromatic carbocycles. The number of amides is 1. The summed E-state index contributed by atoms with van der Waals surface area (Å²) in [5, 5.41) is 3.64. The number of fused-ring (bicyclic) bond motifs is 3. The van der Waals surface area contributed by atoms with Gasteiger partial charge in [-0.05, 0) is 67.0 Å². The van der Waals surface area contributed by atoms with E-state index in [0.717, 1.165) is 27.8 Å². The number of anilines is 1. The summed E-state index contributed by atoms with van der Waals surface area (Å²) in [4.78, 5) is 16.2. The Morgan fingerprint density at radius 2 is 2.16 bits per heavy atom. The largest absolute Gasteiger partial charge is 0.321 e. The maximum Gasteiger partial charge on any atom is 0.262 e. The maximum absolute atomic E-state index is 12.6. The van der Waals surface area contributed by atoms with Crippen molar-refractivity contribution in [1.29, 1.82) is 0 Å². The number of benzene rings is 1.